The third kappa shape index (κ3) is 3.54. The highest BCUT2D eigenvalue weighted by Gasteiger charge is 2.23. The first kappa shape index (κ1) is 11.3. The normalized spacial score (nSPS) is 22.7. The minimum Gasteiger partial charge on any atom is -0.453 e. The number of alkyl carbamates (subject to hydrolysis) is 1. The van der Waals surface area contributed by atoms with Crippen LogP contribution in [0, 0.1) is 5.92 Å². The van der Waals surface area contributed by atoms with Gasteiger partial charge >= 0.3 is 6.09 Å². The van der Waals surface area contributed by atoms with Crippen LogP contribution < -0.4 is 5.32 Å². The van der Waals surface area contributed by atoms with Crippen LogP contribution >= 0.6 is 0 Å². The molecule has 0 aliphatic carbocycles. The van der Waals surface area contributed by atoms with Gasteiger partial charge in [0.05, 0.1) is 7.11 Å². The third-order valence-corrected chi connectivity index (χ3v) is 2.40. The molecule has 1 amide bonds. The Hall–Kier alpha value is -0.770. The highest BCUT2D eigenvalue weighted by Crippen LogP contribution is 2.11. The number of rotatable bonds is 3. The van der Waals surface area contributed by atoms with Crippen molar-refractivity contribution in [2.75, 3.05) is 26.7 Å². The molecule has 0 aromatic rings. The third-order valence-electron chi connectivity index (χ3n) is 2.40. The fraction of sp³-hybridized carbons (Fsp3) is 0.900. The van der Waals surface area contributed by atoms with E-state index >= 15 is 0 Å². The summed E-state index contributed by atoms with van der Waals surface area (Å²) in [6, 6.07) is 0.265. The maximum atomic E-state index is 10.9. The Bertz CT molecular complexity index is 195. The van der Waals surface area contributed by atoms with Crippen LogP contribution in [0.25, 0.3) is 0 Å². The zero-order chi connectivity index (χ0) is 10.6. The van der Waals surface area contributed by atoms with Gasteiger partial charge in [0.15, 0.2) is 0 Å². The Labute approximate surface area is 85.6 Å². The molecule has 82 valence electrons. The van der Waals surface area contributed by atoms with Crippen LogP contribution in [0.15, 0.2) is 0 Å². The van der Waals surface area contributed by atoms with Crippen molar-refractivity contribution in [3.63, 3.8) is 0 Å². The molecule has 0 saturated carbocycles. The molecule has 0 unspecified atom stereocenters. The van der Waals surface area contributed by atoms with Gasteiger partial charge in [-0.3, -0.25) is 0 Å². The predicted molar refractivity (Wildman–Crippen MR) is 55.2 cm³/mol. The van der Waals surface area contributed by atoms with E-state index in [0.29, 0.717) is 5.92 Å². The fourth-order valence-corrected chi connectivity index (χ4v) is 1.86. The van der Waals surface area contributed by atoms with Crippen LogP contribution in [0.4, 0.5) is 4.79 Å². The van der Waals surface area contributed by atoms with Crippen molar-refractivity contribution in [2.24, 2.45) is 5.92 Å². The van der Waals surface area contributed by atoms with Crippen LogP contribution in [0.2, 0.25) is 0 Å². The van der Waals surface area contributed by atoms with E-state index in [-0.39, 0.29) is 12.1 Å². The molecule has 1 saturated heterocycles. The van der Waals surface area contributed by atoms with Gasteiger partial charge in [-0.1, -0.05) is 13.8 Å². The Balaban J connectivity index is 2.23. The fourth-order valence-electron chi connectivity index (χ4n) is 1.86. The second-order valence-corrected chi connectivity index (χ2v) is 4.27. The molecule has 0 aromatic heterocycles. The number of nitrogens with one attached hydrogen (secondary N) is 1. The zero-order valence-corrected chi connectivity index (χ0v) is 9.25. The average Bonchev–Trinajstić information content (AvgIpc) is 2.51. The van der Waals surface area contributed by atoms with Crippen molar-refractivity contribution in [3.05, 3.63) is 0 Å². The molecule has 0 bridgehead atoms. The highest BCUT2D eigenvalue weighted by atomic mass is 16.5. The lowest BCUT2D eigenvalue weighted by Gasteiger charge is -2.18. The molecule has 1 rings (SSSR count). The molecule has 1 aliphatic heterocycles. The van der Waals surface area contributed by atoms with E-state index in [0.717, 1.165) is 26.1 Å². The van der Waals surface area contributed by atoms with E-state index < -0.39 is 0 Å². The first-order valence-corrected chi connectivity index (χ1v) is 5.18. The molecule has 1 aliphatic rings. The van der Waals surface area contributed by atoms with Crippen molar-refractivity contribution < 1.29 is 9.53 Å². The number of methoxy groups -OCH3 is 1. The quantitative estimate of drug-likeness (QED) is 0.741. The Kier molecular flexibility index (Phi) is 4.20. The molecule has 1 N–H and O–H groups in total. The molecule has 4 heteroatoms. The summed E-state index contributed by atoms with van der Waals surface area (Å²) in [5, 5.41) is 2.83. The molecule has 0 radical (unpaired) electrons. The summed E-state index contributed by atoms with van der Waals surface area (Å²) < 4.78 is 4.56. The number of ether oxygens (including phenoxy) is 1. The summed E-state index contributed by atoms with van der Waals surface area (Å²) in [4.78, 5) is 13.3. The molecule has 0 spiro atoms. The zero-order valence-electron chi connectivity index (χ0n) is 9.25. The van der Waals surface area contributed by atoms with E-state index in [1.807, 2.05) is 0 Å². The van der Waals surface area contributed by atoms with Crippen molar-refractivity contribution >= 4 is 6.09 Å². The minimum absolute atomic E-state index is 0.265. The van der Waals surface area contributed by atoms with Crippen molar-refractivity contribution in [1.29, 1.82) is 0 Å². The minimum atomic E-state index is -0.318. The number of carbonyl (C=O) groups excluding carboxylic acids is 1. The molecule has 1 fully saturated rings. The Morgan fingerprint density at radius 2 is 2.36 bits per heavy atom. The monoisotopic (exact) mass is 200 g/mol. The molecule has 1 atom stereocenters. The maximum Gasteiger partial charge on any atom is 0.407 e. The predicted octanol–water partition coefficient (Wildman–Crippen LogP) is 1.07. The number of likely N-dealkylation sites (tertiary alicyclic amines) is 1. The van der Waals surface area contributed by atoms with Gasteiger partial charge in [0.1, 0.15) is 0 Å². The van der Waals surface area contributed by atoms with E-state index in [4.69, 9.17) is 0 Å². The lowest BCUT2D eigenvalue weighted by molar-refractivity contribution is 0.166. The smallest absolute Gasteiger partial charge is 0.407 e. The largest absolute Gasteiger partial charge is 0.453 e. The topological polar surface area (TPSA) is 41.6 Å². The summed E-state index contributed by atoms with van der Waals surface area (Å²) in [5.74, 6) is 0.687. The van der Waals surface area contributed by atoms with Gasteiger partial charge in [0.25, 0.3) is 0 Å². The van der Waals surface area contributed by atoms with Crippen LogP contribution in [0.5, 0.6) is 0 Å². The number of amides is 1. The summed E-state index contributed by atoms with van der Waals surface area (Å²) in [6.45, 7) is 7.56. The van der Waals surface area contributed by atoms with Crippen LogP contribution in [-0.2, 0) is 4.74 Å². The van der Waals surface area contributed by atoms with Gasteiger partial charge in [-0.15, -0.1) is 0 Å². The maximum absolute atomic E-state index is 10.9. The van der Waals surface area contributed by atoms with E-state index in [1.165, 1.54) is 7.11 Å². The standard InChI is InChI=1S/C10H20N2O2/c1-8(2)6-12-5-4-9(7-12)11-10(13)14-3/h8-9H,4-7H2,1-3H3,(H,11,13)/t9-/m1/s1. The van der Waals surface area contributed by atoms with Gasteiger partial charge in [-0.25, -0.2) is 4.79 Å². The number of hydrogen-bond acceptors (Lipinski definition) is 3. The van der Waals surface area contributed by atoms with Gasteiger partial charge < -0.3 is 15.0 Å². The van der Waals surface area contributed by atoms with Gasteiger partial charge in [-0.2, -0.15) is 0 Å². The average molecular weight is 200 g/mol. The van der Waals surface area contributed by atoms with Gasteiger partial charge in [-0.05, 0) is 12.3 Å². The van der Waals surface area contributed by atoms with Gasteiger partial charge in [0.2, 0.25) is 0 Å². The lowest BCUT2D eigenvalue weighted by atomic mass is 10.2. The number of hydrogen-bond donors (Lipinski definition) is 1. The molecule has 4 nitrogen and oxygen atoms in total. The number of nitrogens with zero attached hydrogens (tertiary/aromatic N) is 1. The summed E-state index contributed by atoms with van der Waals surface area (Å²) in [6.07, 6.45) is 0.711. The van der Waals surface area contributed by atoms with Crippen LogP contribution in [0.3, 0.4) is 0 Å². The SMILES string of the molecule is COC(=O)N[C@@H]1CCN(CC(C)C)C1. The van der Waals surface area contributed by atoms with Crippen molar-refractivity contribution in [3.8, 4) is 0 Å². The molecule has 1 heterocycles. The molecule has 0 aromatic carbocycles. The summed E-state index contributed by atoms with van der Waals surface area (Å²) in [7, 11) is 1.40. The van der Waals surface area contributed by atoms with Crippen molar-refractivity contribution in [1.82, 2.24) is 10.2 Å². The first-order chi connectivity index (χ1) is 6.61. The summed E-state index contributed by atoms with van der Waals surface area (Å²) >= 11 is 0. The first-order valence-electron chi connectivity index (χ1n) is 5.18. The summed E-state index contributed by atoms with van der Waals surface area (Å²) in [5.41, 5.74) is 0. The Morgan fingerprint density at radius 3 is 2.93 bits per heavy atom. The van der Waals surface area contributed by atoms with E-state index in [1.54, 1.807) is 0 Å². The number of carbonyl (C=O) groups is 1. The van der Waals surface area contributed by atoms with Crippen molar-refractivity contribution in [2.45, 2.75) is 26.3 Å². The molecule has 14 heavy (non-hydrogen) atoms. The Morgan fingerprint density at radius 1 is 1.64 bits per heavy atom. The molecular formula is C10H20N2O2. The van der Waals surface area contributed by atoms with Crippen LogP contribution in [-0.4, -0.2) is 43.8 Å². The van der Waals surface area contributed by atoms with Gasteiger partial charge in [0, 0.05) is 25.7 Å². The lowest BCUT2D eigenvalue weighted by Crippen LogP contribution is -2.37. The second kappa shape index (κ2) is 5.20. The second-order valence-electron chi connectivity index (χ2n) is 4.27. The van der Waals surface area contributed by atoms with E-state index in [2.05, 4.69) is 28.8 Å². The molecular weight excluding hydrogens is 180 g/mol. The van der Waals surface area contributed by atoms with E-state index in [9.17, 15) is 4.79 Å². The van der Waals surface area contributed by atoms with Crippen LogP contribution in [0.1, 0.15) is 20.3 Å². The highest BCUT2D eigenvalue weighted by molar-refractivity contribution is 5.67.